The number of aryl methyl sites for hydroxylation is 2. The highest BCUT2D eigenvalue weighted by molar-refractivity contribution is 5.65. The van der Waals surface area contributed by atoms with E-state index in [-0.39, 0.29) is 0 Å². The second kappa shape index (κ2) is 7.11. The first-order chi connectivity index (χ1) is 14.7. The minimum Gasteiger partial charge on any atom is -0.329 e. The van der Waals surface area contributed by atoms with Crippen molar-refractivity contribution in [1.82, 2.24) is 39.8 Å². The van der Waals surface area contributed by atoms with Gasteiger partial charge in [-0.15, -0.1) is 5.10 Å². The first-order valence-corrected chi connectivity index (χ1v) is 9.76. The lowest BCUT2D eigenvalue weighted by molar-refractivity contribution is 0.881. The Morgan fingerprint density at radius 1 is 1.07 bits per heavy atom. The molecule has 0 unspecified atom stereocenters. The molecule has 4 aromatic heterocycles. The summed E-state index contributed by atoms with van der Waals surface area (Å²) in [6, 6.07) is 16.4. The van der Waals surface area contributed by atoms with Gasteiger partial charge in [0.15, 0.2) is 11.5 Å². The summed E-state index contributed by atoms with van der Waals surface area (Å²) in [6.07, 6.45) is 2.64. The lowest BCUT2D eigenvalue weighted by Crippen LogP contribution is -2.15. The smallest absolute Gasteiger partial charge is 0.196 e. The maximum Gasteiger partial charge on any atom is 0.196 e. The monoisotopic (exact) mass is 399 g/mol. The van der Waals surface area contributed by atoms with Gasteiger partial charge in [-0.3, -0.25) is 0 Å². The summed E-state index contributed by atoms with van der Waals surface area (Å²) in [5, 5.41) is 18.7. The van der Waals surface area contributed by atoms with E-state index in [0.29, 0.717) is 5.82 Å². The van der Waals surface area contributed by atoms with Gasteiger partial charge in [0.2, 0.25) is 0 Å². The van der Waals surface area contributed by atoms with E-state index in [1.54, 1.807) is 6.20 Å². The number of nitrogens with zero attached hydrogens (tertiary/aromatic N) is 8. The normalized spacial score (nSPS) is 11.3. The molecule has 0 radical (unpaired) electrons. The largest absolute Gasteiger partial charge is 0.329 e. The van der Waals surface area contributed by atoms with E-state index in [1.165, 1.54) is 0 Å². The molecular weight excluding hydrogens is 378 g/mol. The minimum absolute atomic E-state index is 0.634. The third kappa shape index (κ3) is 2.91. The quantitative estimate of drug-likeness (QED) is 0.487. The van der Waals surface area contributed by atoms with Gasteiger partial charge < -0.3 is 9.47 Å². The summed E-state index contributed by atoms with van der Waals surface area (Å²) in [5.41, 5.74) is 5.99. The second-order valence-corrected chi connectivity index (χ2v) is 7.08. The number of H-pyrrole nitrogens is 1. The number of benzene rings is 1. The van der Waals surface area contributed by atoms with Crippen molar-refractivity contribution in [2.45, 2.75) is 20.3 Å². The number of aromatic amines is 1. The predicted molar refractivity (Wildman–Crippen MR) is 114 cm³/mol. The van der Waals surface area contributed by atoms with Crippen LogP contribution in [0.2, 0.25) is 0 Å². The van der Waals surface area contributed by atoms with Gasteiger partial charge in [-0.1, -0.05) is 6.92 Å². The summed E-state index contributed by atoms with van der Waals surface area (Å²) >= 11 is 0. The number of hydrogen-bond donors (Lipinski definition) is 1. The summed E-state index contributed by atoms with van der Waals surface area (Å²) < 4.78 is 3.98. The molecule has 9 heteroatoms. The molecule has 0 amide bonds. The average Bonchev–Trinajstić information content (AvgIpc) is 3.53. The third-order valence-electron chi connectivity index (χ3n) is 5.26. The first-order valence-electron chi connectivity index (χ1n) is 9.76. The number of rotatable bonds is 5. The summed E-state index contributed by atoms with van der Waals surface area (Å²) in [7, 11) is 2.04. The third-order valence-corrected chi connectivity index (χ3v) is 5.26. The van der Waals surface area contributed by atoms with Gasteiger partial charge in [0.05, 0.1) is 11.9 Å². The van der Waals surface area contributed by atoms with Gasteiger partial charge in [0.25, 0.3) is 0 Å². The molecular formula is C21H21N9. The highest BCUT2D eigenvalue weighted by Gasteiger charge is 2.14. The predicted octanol–water partition coefficient (Wildman–Crippen LogP) is 3.34. The van der Waals surface area contributed by atoms with Crippen LogP contribution in [-0.4, -0.2) is 46.8 Å². The molecule has 150 valence electrons. The molecule has 5 aromatic rings. The zero-order valence-electron chi connectivity index (χ0n) is 17.0. The maximum atomic E-state index is 4.63. The van der Waals surface area contributed by atoms with E-state index in [0.717, 1.165) is 46.3 Å². The van der Waals surface area contributed by atoms with Gasteiger partial charge in [-0.25, -0.2) is 10.1 Å². The fourth-order valence-corrected chi connectivity index (χ4v) is 3.66. The Morgan fingerprint density at radius 2 is 1.90 bits per heavy atom. The van der Waals surface area contributed by atoms with Crippen molar-refractivity contribution in [1.29, 1.82) is 0 Å². The molecule has 5 rings (SSSR count). The van der Waals surface area contributed by atoms with Crippen LogP contribution in [0.5, 0.6) is 0 Å². The van der Waals surface area contributed by atoms with Crippen LogP contribution < -0.4 is 4.90 Å². The van der Waals surface area contributed by atoms with E-state index in [2.05, 4.69) is 90.4 Å². The lowest BCUT2D eigenvalue weighted by atomic mass is 10.2. The number of fused-ring (bicyclic) bond motifs is 1. The molecule has 0 aliphatic heterocycles. The molecule has 4 heterocycles. The molecule has 1 aromatic carbocycles. The van der Waals surface area contributed by atoms with E-state index in [1.807, 2.05) is 23.7 Å². The van der Waals surface area contributed by atoms with Gasteiger partial charge >= 0.3 is 0 Å². The van der Waals surface area contributed by atoms with E-state index < -0.39 is 0 Å². The standard InChI is InChI=1S/C21H21N9/c1-4-15-13-20(30-19(23-15)11-12-22-30)28(3)16-6-8-17(9-7-16)29-14(2)5-10-18(29)21-24-26-27-25-21/h5-13H,4H2,1-3H3,(H,24,25,26,27). The van der Waals surface area contributed by atoms with Crippen molar-refractivity contribution in [3.05, 3.63) is 66.1 Å². The first kappa shape index (κ1) is 18.0. The van der Waals surface area contributed by atoms with Crippen molar-refractivity contribution in [2.24, 2.45) is 0 Å². The van der Waals surface area contributed by atoms with Crippen molar-refractivity contribution >= 4 is 17.2 Å². The van der Waals surface area contributed by atoms with Crippen molar-refractivity contribution in [3.8, 4) is 17.2 Å². The Morgan fingerprint density at radius 3 is 2.63 bits per heavy atom. The van der Waals surface area contributed by atoms with E-state index >= 15 is 0 Å². The Kier molecular flexibility index (Phi) is 4.27. The van der Waals surface area contributed by atoms with Crippen molar-refractivity contribution in [3.63, 3.8) is 0 Å². The van der Waals surface area contributed by atoms with Gasteiger partial charge in [-0.05, 0) is 60.2 Å². The fraction of sp³-hybridized carbons (Fsp3) is 0.190. The molecule has 30 heavy (non-hydrogen) atoms. The summed E-state index contributed by atoms with van der Waals surface area (Å²) in [6.45, 7) is 4.17. The Bertz CT molecular complexity index is 1300. The molecule has 0 atom stereocenters. The number of hydrogen-bond acceptors (Lipinski definition) is 6. The van der Waals surface area contributed by atoms with E-state index in [9.17, 15) is 0 Å². The second-order valence-electron chi connectivity index (χ2n) is 7.08. The molecule has 0 bridgehead atoms. The number of tetrazole rings is 1. The molecule has 0 aliphatic rings. The van der Waals surface area contributed by atoms with Crippen molar-refractivity contribution in [2.75, 3.05) is 11.9 Å². The van der Waals surface area contributed by atoms with Gasteiger partial charge in [0.1, 0.15) is 5.82 Å². The molecule has 0 saturated carbocycles. The van der Waals surface area contributed by atoms with Crippen LogP contribution in [0.3, 0.4) is 0 Å². The number of aromatic nitrogens is 8. The van der Waals surface area contributed by atoms with Crippen LogP contribution in [0.1, 0.15) is 18.3 Å². The minimum atomic E-state index is 0.634. The number of anilines is 2. The van der Waals surface area contributed by atoms with Crippen LogP contribution in [0, 0.1) is 6.92 Å². The average molecular weight is 399 g/mol. The molecule has 0 aliphatic carbocycles. The number of nitrogens with one attached hydrogen (secondary N) is 1. The molecule has 0 fully saturated rings. The zero-order chi connectivity index (χ0) is 20.7. The lowest BCUT2D eigenvalue weighted by Gasteiger charge is -2.21. The topological polar surface area (TPSA) is 92.8 Å². The molecule has 0 spiro atoms. The van der Waals surface area contributed by atoms with Crippen LogP contribution in [0.25, 0.3) is 22.9 Å². The van der Waals surface area contributed by atoms with Gasteiger partial charge in [0, 0.05) is 41.9 Å². The maximum absolute atomic E-state index is 4.63. The zero-order valence-corrected chi connectivity index (χ0v) is 17.0. The van der Waals surface area contributed by atoms with Crippen LogP contribution in [-0.2, 0) is 6.42 Å². The highest BCUT2D eigenvalue weighted by atomic mass is 15.5. The van der Waals surface area contributed by atoms with Crippen LogP contribution >= 0.6 is 0 Å². The molecule has 1 N–H and O–H groups in total. The fourth-order valence-electron chi connectivity index (χ4n) is 3.66. The summed E-state index contributed by atoms with van der Waals surface area (Å²) in [5.74, 6) is 1.61. The van der Waals surface area contributed by atoms with E-state index in [4.69, 9.17) is 0 Å². The van der Waals surface area contributed by atoms with Crippen molar-refractivity contribution < 1.29 is 0 Å². The Balaban J connectivity index is 1.53. The van der Waals surface area contributed by atoms with Crippen LogP contribution in [0.4, 0.5) is 11.5 Å². The Labute approximate surface area is 173 Å². The van der Waals surface area contributed by atoms with Gasteiger partial charge in [-0.2, -0.15) is 9.61 Å². The van der Waals surface area contributed by atoms with Crippen LogP contribution in [0.15, 0.2) is 54.7 Å². The highest BCUT2D eigenvalue weighted by Crippen LogP contribution is 2.28. The molecule has 9 nitrogen and oxygen atoms in total. The SMILES string of the molecule is CCc1cc(N(C)c2ccc(-n3c(C)ccc3-c3nnn[nH]3)cc2)n2nccc2n1. The Hall–Kier alpha value is -4.01. The molecule has 0 saturated heterocycles. The summed E-state index contributed by atoms with van der Waals surface area (Å²) in [4.78, 5) is 6.75.